The molecule has 0 fully saturated rings. The Morgan fingerprint density at radius 1 is 1.06 bits per heavy atom. The van der Waals surface area contributed by atoms with Crippen molar-refractivity contribution in [3.8, 4) is 0 Å². The van der Waals surface area contributed by atoms with E-state index in [9.17, 15) is 0 Å². The molecule has 0 aromatic heterocycles. The maximum atomic E-state index is 2.44. The van der Waals surface area contributed by atoms with E-state index < -0.39 is 0 Å². The standard InChI is InChI=1S/C16H24/c1-6-9-13-12-10-7-8-11-14(12)16(4,5)15(13,2)3/h7-8,10-11,13H,6,9H2,1-5H3. The molecule has 0 saturated carbocycles. The van der Waals surface area contributed by atoms with E-state index in [1.54, 1.807) is 11.1 Å². The summed E-state index contributed by atoms with van der Waals surface area (Å²) in [5.41, 5.74) is 3.83. The van der Waals surface area contributed by atoms with Gasteiger partial charge in [-0.05, 0) is 34.3 Å². The Balaban J connectivity index is 2.57. The Kier molecular flexibility index (Phi) is 2.64. The van der Waals surface area contributed by atoms with Crippen LogP contribution in [0.25, 0.3) is 0 Å². The molecule has 1 aromatic rings. The van der Waals surface area contributed by atoms with Crippen molar-refractivity contribution in [1.82, 2.24) is 0 Å². The first-order valence-corrected chi connectivity index (χ1v) is 6.52. The van der Waals surface area contributed by atoms with Crippen molar-refractivity contribution >= 4 is 0 Å². The van der Waals surface area contributed by atoms with Crippen LogP contribution in [0.15, 0.2) is 24.3 Å². The first-order valence-electron chi connectivity index (χ1n) is 6.52. The summed E-state index contributed by atoms with van der Waals surface area (Å²) in [5, 5.41) is 0. The van der Waals surface area contributed by atoms with Crippen LogP contribution in [-0.4, -0.2) is 0 Å². The van der Waals surface area contributed by atoms with Crippen LogP contribution in [0.4, 0.5) is 0 Å². The average molecular weight is 216 g/mol. The second-order valence-electron chi connectivity index (χ2n) is 6.28. The molecule has 1 aliphatic rings. The number of rotatable bonds is 2. The fraction of sp³-hybridized carbons (Fsp3) is 0.625. The highest BCUT2D eigenvalue weighted by molar-refractivity contribution is 5.45. The van der Waals surface area contributed by atoms with Crippen LogP contribution in [0.3, 0.4) is 0 Å². The minimum Gasteiger partial charge on any atom is -0.0654 e. The van der Waals surface area contributed by atoms with Crippen molar-refractivity contribution < 1.29 is 0 Å². The van der Waals surface area contributed by atoms with Gasteiger partial charge in [-0.1, -0.05) is 65.3 Å². The Morgan fingerprint density at radius 3 is 2.31 bits per heavy atom. The van der Waals surface area contributed by atoms with Gasteiger partial charge in [0.25, 0.3) is 0 Å². The fourth-order valence-electron chi connectivity index (χ4n) is 3.35. The summed E-state index contributed by atoms with van der Waals surface area (Å²) in [6.07, 6.45) is 2.59. The first-order chi connectivity index (χ1) is 7.43. The van der Waals surface area contributed by atoms with Gasteiger partial charge in [-0.15, -0.1) is 0 Å². The zero-order valence-corrected chi connectivity index (χ0v) is 11.3. The van der Waals surface area contributed by atoms with Crippen LogP contribution in [0, 0.1) is 5.41 Å². The van der Waals surface area contributed by atoms with Crippen LogP contribution in [0.1, 0.15) is 64.5 Å². The summed E-state index contributed by atoms with van der Waals surface area (Å²) < 4.78 is 0. The predicted molar refractivity (Wildman–Crippen MR) is 70.9 cm³/mol. The lowest BCUT2D eigenvalue weighted by Crippen LogP contribution is -2.34. The lowest BCUT2D eigenvalue weighted by atomic mass is 9.64. The number of hydrogen-bond donors (Lipinski definition) is 0. The summed E-state index contributed by atoms with van der Waals surface area (Å²) in [6.45, 7) is 12.0. The molecule has 1 unspecified atom stereocenters. The average Bonchev–Trinajstić information content (AvgIpc) is 2.38. The van der Waals surface area contributed by atoms with E-state index in [1.165, 1.54) is 12.8 Å². The van der Waals surface area contributed by atoms with E-state index in [4.69, 9.17) is 0 Å². The summed E-state index contributed by atoms with van der Waals surface area (Å²) in [5.74, 6) is 0.726. The van der Waals surface area contributed by atoms with Crippen molar-refractivity contribution in [2.24, 2.45) is 5.41 Å². The van der Waals surface area contributed by atoms with Crippen LogP contribution >= 0.6 is 0 Å². The van der Waals surface area contributed by atoms with E-state index in [0.29, 0.717) is 10.8 Å². The molecule has 0 saturated heterocycles. The quantitative estimate of drug-likeness (QED) is 0.660. The van der Waals surface area contributed by atoms with E-state index in [1.807, 2.05) is 0 Å². The zero-order valence-electron chi connectivity index (χ0n) is 11.3. The second-order valence-corrected chi connectivity index (χ2v) is 6.28. The van der Waals surface area contributed by atoms with Crippen molar-refractivity contribution in [3.63, 3.8) is 0 Å². The molecule has 2 rings (SSSR count). The van der Waals surface area contributed by atoms with Gasteiger partial charge in [-0.3, -0.25) is 0 Å². The Morgan fingerprint density at radius 2 is 1.69 bits per heavy atom. The Hall–Kier alpha value is -0.780. The van der Waals surface area contributed by atoms with Crippen molar-refractivity contribution in [2.75, 3.05) is 0 Å². The summed E-state index contributed by atoms with van der Waals surface area (Å²) in [4.78, 5) is 0. The molecule has 1 aromatic carbocycles. The molecular weight excluding hydrogens is 192 g/mol. The lowest BCUT2D eigenvalue weighted by Gasteiger charge is -2.40. The topological polar surface area (TPSA) is 0 Å². The molecular formula is C16H24. The maximum absolute atomic E-state index is 2.44. The molecule has 0 heterocycles. The largest absolute Gasteiger partial charge is 0.0654 e. The number of benzene rings is 1. The SMILES string of the molecule is CCCC1c2ccccc2C(C)(C)C1(C)C. The molecule has 0 nitrogen and oxygen atoms in total. The van der Waals surface area contributed by atoms with Gasteiger partial charge in [0, 0.05) is 0 Å². The molecule has 0 spiro atoms. The zero-order chi connectivity index (χ0) is 12.0. The van der Waals surface area contributed by atoms with Crippen molar-refractivity contribution in [2.45, 2.75) is 58.8 Å². The van der Waals surface area contributed by atoms with Gasteiger partial charge in [0.15, 0.2) is 0 Å². The van der Waals surface area contributed by atoms with Gasteiger partial charge in [0.1, 0.15) is 0 Å². The molecule has 0 aliphatic heterocycles. The van der Waals surface area contributed by atoms with Crippen LogP contribution in [0.5, 0.6) is 0 Å². The third kappa shape index (κ3) is 1.35. The minimum atomic E-state index is 0.295. The number of fused-ring (bicyclic) bond motifs is 1. The van der Waals surface area contributed by atoms with E-state index in [0.717, 1.165) is 5.92 Å². The van der Waals surface area contributed by atoms with E-state index >= 15 is 0 Å². The van der Waals surface area contributed by atoms with Gasteiger partial charge >= 0.3 is 0 Å². The molecule has 0 amide bonds. The third-order valence-corrected chi connectivity index (χ3v) is 5.07. The highest BCUT2D eigenvalue weighted by Gasteiger charge is 2.51. The maximum Gasteiger partial charge on any atom is -0.00438 e. The predicted octanol–water partition coefficient (Wildman–Crippen LogP) is 4.89. The third-order valence-electron chi connectivity index (χ3n) is 5.07. The Labute approximate surface area is 100 Å². The molecule has 0 heteroatoms. The fourth-order valence-corrected chi connectivity index (χ4v) is 3.35. The second kappa shape index (κ2) is 3.61. The van der Waals surface area contributed by atoms with Gasteiger partial charge in [0.2, 0.25) is 0 Å². The van der Waals surface area contributed by atoms with Crippen LogP contribution in [-0.2, 0) is 5.41 Å². The smallest absolute Gasteiger partial charge is 0.00438 e. The van der Waals surface area contributed by atoms with E-state index in [2.05, 4.69) is 58.9 Å². The molecule has 0 N–H and O–H groups in total. The normalized spacial score (nSPS) is 25.4. The Bertz CT molecular complexity index is 385. The highest BCUT2D eigenvalue weighted by atomic mass is 14.5. The monoisotopic (exact) mass is 216 g/mol. The molecule has 16 heavy (non-hydrogen) atoms. The molecule has 0 radical (unpaired) electrons. The summed E-state index contributed by atoms with van der Waals surface area (Å²) in [7, 11) is 0. The van der Waals surface area contributed by atoms with Crippen molar-refractivity contribution in [3.05, 3.63) is 35.4 Å². The highest BCUT2D eigenvalue weighted by Crippen LogP contribution is 2.59. The minimum absolute atomic E-state index is 0.295. The van der Waals surface area contributed by atoms with Gasteiger partial charge in [0.05, 0.1) is 0 Å². The van der Waals surface area contributed by atoms with Crippen molar-refractivity contribution in [1.29, 1.82) is 0 Å². The molecule has 1 atom stereocenters. The lowest BCUT2D eigenvalue weighted by molar-refractivity contribution is 0.174. The van der Waals surface area contributed by atoms with Gasteiger partial charge in [-0.25, -0.2) is 0 Å². The first kappa shape index (κ1) is 11.7. The number of hydrogen-bond acceptors (Lipinski definition) is 0. The van der Waals surface area contributed by atoms with Crippen LogP contribution in [0.2, 0.25) is 0 Å². The van der Waals surface area contributed by atoms with Gasteiger partial charge < -0.3 is 0 Å². The molecule has 1 aliphatic carbocycles. The van der Waals surface area contributed by atoms with Crippen LogP contribution < -0.4 is 0 Å². The van der Waals surface area contributed by atoms with Gasteiger partial charge in [-0.2, -0.15) is 0 Å². The summed E-state index contributed by atoms with van der Waals surface area (Å²) >= 11 is 0. The van der Waals surface area contributed by atoms with E-state index in [-0.39, 0.29) is 0 Å². The summed E-state index contributed by atoms with van der Waals surface area (Å²) in [6, 6.07) is 9.04. The molecule has 88 valence electrons. The molecule has 0 bridgehead atoms.